The van der Waals surface area contributed by atoms with Gasteiger partial charge in [-0.2, -0.15) is 0 Å². The Labute approximate surface area is 124 Å². The van der Waals surface area contributed by atoms with E-state index in [9.17, 15) is 18.0 Å². The van der Waals surface area contributed by atoms with Crippen LogP contribution in [-0.4, -0.2) is 39.1 Å². The summed E-state index contributed by atoms with van der Waals surface area (Å²) in [5.41, 5.74) is 0.383. The third-order valence-electron chi connectivity index (χ3n) is 2.73. The molecule has 0 spiro atoms. The summed E-state index contributed by atoms with van der Waals surface area (Å²) in [5, 5.41) is 5.20. The van der Waals surface area contributed by atoms with Crippen LogP contribution in [0.4, 0.5) is 0 Å². The highest BCUT2D eigenvalue weighted by Crippen LogP contribution is 2.13. The van der Waals surface area contributed by atoms with Crippen molar-refractivity contribution in [2.75, 3.05) is 18.8 Å². The van der Waals surface area contributed by atoms with Gasteiger partial charge in [0.25, 0.3) is 5.91 Å². The van der Waals surface area contributed by atoms with E-state index in [2.05, 4.69) is 10.6 Å². The molecule has 0 atom stereocenters. The fourth-order valence-corrected chi connectivity index (χ4v) is 3.04. The molecule has 0 saturated carbocycles. The minimum atomic E-state index is -3.26. The lowest BCUT2D eigenvalue weighted by molar-refractivity contribution is -0.118. The minimum Gasteiger partial charge on any atom is -0.355 e. The third-order valence-corrected chi connectivity index (χ3v) is 4.67. The summed E-state index contributed by atoms with van der Waals surface area (Å²) in [5.74, 6) is -0.371. The maximum absolute atomic E-state index is 11.8. The van der Waals surface area contributed by atoms with Crippen LogP contribution in [0, 0.1) is 0 Å². The molecule has 0 aliphatic heterocycles. The number of sulfone groups is 1. The zero-order chi connectivity index (χ0) is 15.9. The summed E-state index contributed by atoms with van der Waals surface area (Å²) in [7, 11) is -3.26. The van der Waals surface area contributed by atoms with Crippen molar-refractivity contribution in [3.8, 4) is 0 Å². The first-order chi connectivity index (χ1) is 9.86. The van der Waals surface area contributed by atoms with Crippen LogP contribution in [0.25, 0.3) is 0 Å². The predicted octanol–water partition coefficient (Wildman–Crippen LogP) is 0.736. The number of rotatable bonds is 7. The number of benzene rings is 1. The van der Waals surface area contributed by atoms with Gasteiger partial charge in [0.1, 0.15) is 0 Å². The van der Waals surface area contributed by atoms with Crippen LogP contribution >= 0.6 is 0 Å². The number of carbonyl (C=O) groups excluding carboxylic acids is 2. The van der Waals surface area contributed by atoms with E-state index in [1.54, 1.807) is 6.92 Å². The second kappa shape index (κ2) is 7.78. The van der Waals surface area contributed by atoms with Gasteiger partial charge in [0.2, 0.25) is 5.91 Å². The van der Waals surface area contributed by atoms with Gasteiger partial charge >= 0.3 is 0 Å². The average Bonchev–Trinajstić information content (AvgIpc) is 2.43. The first kappa shape index (κ1) is 17.2. The number of hydrogen-bond acceptors (Lipinski definition) is 4. The maximum atomic E-state index is 11.8. The van der Waals surface area contributed by atoms with Gasteiger partial charge in [-0.25, -0.2) is 8.42 Å². The summed E-state index contributed by atoms with van der Waals surface area (Å²) in [4.78, 5) is 22.7. The minimum absolute atomic E-state index is 0.0925. The lowest BCUT2D eigenvalue weighted by Gasteiger charge is -2.07. The fourth-order valence-electron chi connectivity index (χ4n) is 1.72. The molecule has 7 heteroatoms. The van der Waals surface area contributed by atoms with Crippen LogP contribution in [0.5, 0.6) is 0 Å². The zero-order valence-electron chi connectivity index (χ0n) is 12.2. The molecule has 0 aliphatic rings. The van der Waals surface area contributed by atoms with Crippen LogP contribution < -0.4 is 10.6 Å². The first-order valence-corrected chi connectivity index (χ1v) is 8.37. The zero-order valence-corrected chi connectivity index (χ0v) is 13.0. The van der Waals surface area contributed by atoms with E-state index < -0.39 is 9.84 Å². The van der Waals surface area contributed by atoms with Gasteiger partial charge in [-0.1, -0.05) is 6.92 Å². The van der Waals surface area contributed by atoms with Crippen molar-refractivity contribution in [2.24, 2.45) is 0 Å². The fraction of sp³-hybridized carbons (Fsp3) is 0.429. The van der Waals surface area contributed by atoms with Crippen molar-refractivity contribution in [1.29, 1.82) is 0 Å². The third kappa shape index (κ3) is 5.55. The van der Waals surface area contributed by atoms with Gasteiger partial charge in [0.05, 0.1) is 10.6 Å². The Morgan fingerprint density at radius 1 is 1.05 bits per heavy atom. The molecule has 0 fully saturated rings. The summed E-state index contributed by atoms with van der Waals surface area (Å²) in [6.45, 7) is 3.87. The van der Waals surface area contributed by atoms with Gasteiger partial charge in [-0.15, -0.1) is 0 Å². The molecule has 1 aromatic carbocycles. The van der Waals surface area contributed by atoms with Crippen LogP contribution in [0.15, 0.2) is 29.2 Å². The van der Waals surface area contributed by atoms with Crippen LogP contribution in [0.1, 0.15) is 30.6 Å². The van der Waals surface area contributed by atoms with E-state index in [0.717, 1.165) is 0 Å². The van der Waals surface area contributed by atoms with Gasteiger partial charge in [-0.3, -0.25) is 9.59 Å². The molecule has 0 saturated heterocycles. The molecule has 116 valence electrons. The lowest BCUT2D eigenvalue weighted by atomic mass is 10.2. The van der Waals surface area contributed by atoms with E-state index in [4.69, 9.17) is 0 Å². The largest absolute Gasteiger partial charge is 0.355 e. The van der Waals surface area contributed by atoms with Crippen molar-refractivity contribution in [1.82, 2.24) is 10.6 Å². The van der Waals surface area contributed by atoms with Crippen molar-refractivity contribution in [3.63, 3.8) is 0 Å². The van der Waals surface area contributed by atoms with E-state index in [1.807, 2.05) is 0 Å². The Morgan fingerprint density at radius 3 is 2.14 bits per heavy atom. The Hall–Kier alpha value is -1.89. The molecule has 0 radical (unpaired) electrons. The number of nitrogens with one attached hydrogen (secondary N) is 2. The number of carbonyl (C=O) groups is 2. The SMILES string of the molecule is CCCS(=O)(=O)c1ccc(C(=O)NCCNC(C)=O)cc1. The molecule has 1 aromatic rings. The monoisotopic (exact) mass is 312 g/mol. The van der Waals surface area contributed by atoms with Gasteiger partial charge < -0.3 is 10.6 Å². The number of amides is 2. The van der Waals surface area contributed by atoms with Crippen LogP contribution in [0.3, 0.4) is 0 Å². The van der Waals surface area contributed by atoms with Crippen molar-refractivity contribution in [2.45, 2.75) is 25.2 Å². The summed E-state index contributed by atoms with van der Waals surface area (Å²) in [6.07, 6.45) is 0.549. The highest BCUT2D eigenvalue weighted by molar-refractivity contribution is 7.91. The summed E-state index contributed by atoms with van der Waals surface area (Å²) >= 11 is 0. The van der Waals surface area contributed by atoms with Crippen molar-refractivity contribution >= 4 is 21.7 Å². The molecular weight excluding hydrogens is 292 g/mol. The van der Waals surface area contributed by atoms with Gasteiger partial charge in [-0.05, 0) is 30.7 Å². The topological polar surface area (TPSA) is 92.3 Å². The highest BCUT2D eigenvalue weighted by Gasteiger charge is 2.13. The quantitative estimate of drug-likeness (QED) is 0.726. The lowest BCUT2D eigenvalue weighted by Crippen LogP contribution is -2.33. The van der Waals surface area contributed by atoms with Crippen molar-refractivity contribution < 1.29 is 18.0 Å². The van der Waals surface area contributed by atoms with E-state index in [0.29, 0.717) is 25.1 Å². The van der Waals surface area contributed by atoms with Crippen LogP contribution in [-0.2, 0) is 14.6 Å². The Kier molecular flexibility index (Phi) is 6.36. The Bertz CT molecular complexity index is 594. The average molecular weight is 312 g/mol. The molecular formula is C14H20N2O4S. The van der Waals surface area contributed by atoms with Crippen molar-refractivity contribution in [3.05, 3.63) is 29.8 Å². The van der Waals surface area contributed by atoms with E-state index in [1.165, 1.54) is 31.2 Å². The normalized spacial score (nSPS) is 11.0. The van der Waals surface area contributed by atoms with Gasteiger partial charge in [0, 0.05) is 25.6 Å². The Morgan fingerprint density at radius 2 is 1.62 bits per heavy atom. The van der Waals surface area contributed by atoms with E-state index in [-0.39, 0.29) is 22.5 Å². The highest BCUT2D eigenvalue weighted by atomic mass is 32.2. The molecule has 0 aromatic heterocycles. The first-order valence-electron chi connectivity index (χ1n) is 6.72. The summed E-state index contributed by atoms with van der Waals surface area (Å²) in [6, 6.07) is 5.84. The summed E-state index contributed by atoms with van der Waals surface area (Å²) < 4.78 is 23.7. The predicted molar refractivity (Wildman–Crippen MR) is 79.8 cm³/mol. The second-order valence-electron chi connectivity index (χ2n) is 4.58. The molecule has 1 rings (SSSR count). The van der Waals surface area contributed by atoms with Crippen LogP contribution in [0.2, 0.25) is 0 Å². The molecule has 6 nitrogen and oxygen atoms in total. The molecule has 2 amide bonds. The molecule has 0 heterocycles. The molecule has 21 heavy (non-hydrogen) atoms. The molecule has 0 unspecified atom stereocenters. The van der Waals surface area contributed by atoms with Gasteiger partial charge in [0.15, 0.2) is 9.84 Å². The number of hydrogen-bond donors (Lipinski definition) is 2. The molecule has 0 aliphatic carbocycles. The Balaban J connectivity index is 2.61. The molecule has 2 N–H and O–H groups in total. The van der Waals surface area contributed by atoms with E-state index >= 15 is 0 Å². The smallest absolute Gasteiger partial charge is 0.251 e. The standard InChI is InChI=1S/C14H20N2O4S/c1-3-10-21(19,20)13-6-4-12(5-7-13)14(18)16-9-8-15-11(2)17/h4-7H,3,8-10H2,1-2H3,(H,15,17)(H,16,18). The second-order valence-corrected chi connectivity index (χ2v) is 6.69. The maximum Gasteiger partial charge on any atom is 0.251 e. The molecule has 0 bridgehead atoms.